The van der Waals surface area contributed by atoms with Crippen LogP contribution in [0.15, 0.2) is 60.9 Å². The molecule has 1 N–H and O–H groups in total. The lowest BCUT2D eigenvalue weighted by molar-refractivity contribution is -0.121. The molecule has 1 saturated heterocycles. The molecule has 0 saturated carbocycles. The summed E-state index contributed by atoms with van der Waals surface area (Å²) in [6.07, 6.45) is 6.23. The van der Waals surface area contributed by atoms with E-state index in [9.17, 15) is 4.79 Å². The maximum atomic E-state index is 12.4. The number of carbonyl (C=O) groups is 1. The molecule has 5 nitrogen and oxygen atoms in total. The number of benzene rings is 1. The molecule has 4 rings (SSSR count). The molecule has 0 unspecified atom stereocenters. The van der Waals surface area contributed by atoms with E-state index in [2.05, 4.69) is 39.5 Å². The Morgan fingerprint density at radius 2 is 1.85 bits per heavy atom. The number of imidazole rings is 1. The first-order valence-corrected chi connectivity index (χ1v) is 9.24. The highest BCUT2D eigenvalue weighted by Crippen LogP contribution is 2.14. The van der Waals surface area contributed by atoms with E-state index >= 15 is 0 Å². The van der Waals surface area contributed by atoms with Gasteiger partial charge in [-0.25, -0.2) is 4.98 Å². The molecule has 1 fully saturated rings. The molecule has 3 heterocycles. The molecule has 1 aromatic carbocycles. The number of rotatable bonds is 5. The normalized spacial score (nSPS) is 16.0. The van der Waals surface area contributed by atoms with Crippen molar-refractivity contribution in [3.05, 3.63) is 72.2 Å². The number of nitrogens with zero attached hydrogens (tertiary/aromatic N) is 3. The van der Waals surface area contributed by atoms with E-state index < -0.39 is 0 Å². The number of aromatic nitrogens is 2. The summed E-state index contributed by atoms with van der Waals surface area (Å²) in [5.74, 6) is 0.0647. The van der Waals surface area contributed by atoms with Crippen LogP contribution in [0.5, 0.6) is 0 Å². The monoisotopic (exact) mass is 348 g/mol. The number of pyridine rings is 1. The van der Waals surface area contributed by atoms with Gasteiger partial charge in [0.1, 0.15) is 5.65 Å². The van der Waals surface area contributed by atoms with Crippen molar-refractivity contribution < 1.29 is 4.79 Å². The number of amides is 1. The van der Waals surface area contributed by atoms with Crippen LogP contribution in [0.3, 0.4) is 0 Å². The summed E-state index contributed by atoms with van der Waals surface area (Å²) in [6.45, 7) is 3.03. The molecular formula is C21H24N4O. The zero-order valence-corrected chi connectivity index (χ0v) is 14.8. The lowest BCUT2D eigenvalue weighted by Gasteiger charge is -2.32. The van der Waals surface area contributed by atoms with Gasteiger partial charge in [0.25, 0.3) is 0 Å². The van der Waals surface area contributed by atoms with Crippen molar-refractivity contribution in [2.24, 2.45) is 0 Å². The highest BCUT2D eigenvalue weighted by molar-refractivity contribution is 5.78. The fourth-order valence-electron chi connectivity index (χ4n) is 3.59. The van der Waals surface area contributed by atoms with Gasteiger partial charge in [-0.15, -0.1) is 0 Å². The van der Waals surface area contributed by atoms with Crippen molar-refractivity contribution in [2.45, 2.75) is 31.8 Å². The van der Waals surface area contributed by atoms with Gasteiger partial charge in [-0.1, -0.05) is 36.4 Å². The Hall–Kier alpha value is -2.66. The average Bonchev–Trinajstić information content (AvgIpc) is 3.06. The number of nitrogens with one attached hydrogen (secondary N) is 1. The highest BCUT2D eigenvalue weighted by atomic mass is 16.1. The second kappa shape index (κ2) is 7.70. The molecule has 0 atom stereocenters. The summed E-state index contributed by atoms with van der Waals surface area (Å²) in [5, 5.41) is 3.18. The van der Waals surface area contributed by atoms with Gasteiger partial charge >= 0.3 is 0 Å². The molecule has 1 amide bonds. The second-order valence-electron chi connectivity index (χ2n) is 6.98. The summed E-state index contributed by atoms with van der Waals surface area (Å²) in [7, 11) is 0. The quantitative estimate of drug-likeness (QED) is 0.771. The molecule has 3 aromatic rings. The predicted molar refractivity (Wildman–Crippen MR) is 102 cm³/mol. The second-order valence-corrected chi connectivity index (χ2v) is 6.98. The first-order chi connectivity index (χ1) is 12.8. The smallest absolute Gasteiger partial charge is 0.226 e. The molecule has 2 aromatic heterocycles. The van der Waals surface area contributed by atoms with E-state index in [4.69, 9.17) is 0 Å². The van der Waals surface area contributed by atoms with Crippen LogP contribution in [0.25, 0.3) is 5.65 Å². The zero-order valence-electron chi connectivity index (χ0n) is 14.8. The van der Waals surface area contributed by atoms with Crippen LogP contribution in [-0.4, -0.2) is 39.3 Å². The minimum Gasteiger partial charge on any atom is -0.353 e. The van der Waals surface area contributed by atoms with Gasteiger partial charge in [-0.3, -0.25) is 9.69 Å². The molecule has 1 aliphatic heterocycles. The van der Waals surface area contributed by atoms with Crippen LogP contribution in [0.4, 0.5) is 0 Å². The minimum atomic E-state index is 0.0647. The third kappa shape index (κ3) is 4.11. The van der Waals surface area contributed by atoms with Gasteiger partial charge in [0.05, 0.1) is 12.1 Å². The molecular weight excluding hydrogens is 324 g/mol. The van der Waals surface area contributed by atoms with Gasteiger partial charge in [0.15, 0.2) is 0 Å². The standard InChI is InChI=1S/C21H24N4O/c26-21(14-19-16-25-11-5-4-8-20(25)22-19)23-18-9-12-24(13-10-18)15-17-6-2-1-3-7-17/h1-8,11,16,18H,9-10,12-15H2,(H,23,26). The van der Waals surface area contributed by atoms with Crippen LogP contribution in [0.2, 0.25) is 0 Å². The van der Waals surface area contributed by atoms with Crippen LogP contribution in [-0.2, 0) is 17.8 Å². The molecule has 1 aliphatic rings. The van der Waals surface area contributed by atoms with Crippen molar-refractivity contribution in [2.75, 3.05) is 13.1 Å². The lowest BCUT2D eigenvalue weighted by atomic mass is 10.0. The zero-order chi connectivity index (χ0) is 17.8. The molecule has 0 bridgehead atoms. The molecule has 0 radical (unpaired) electrons. The average molecular weight is 348 g/mol. The van der Waals surface area contributed by atoms with Crippen molar-refractivity contribution >= 4 is 11.6 Å². The van der Waals surface area contributed by atoms with Gasteiger partial charge in [0, 0.05) is 38.1 Å². The maximum Gasteiger partial charge on any atom is 0.226 e. The van der Waals surface area contributed by atoms with Crippen LogP contribution >= 0.6 is 0 Å². The molecule has 0 aliphatic carbocycles. The maximum absolute atomic E-state index is 12.4. The van der Waals surface area contributed by atoms with E-state index in [-0.39, 0.29) is 11.9 Å². The van der Waals surface area contributed by atoms with Crippen molar-refractivity contribution in [3.63, 3.8) is 0 Å². The third-order valence-corrected chi connectivity index (χ3v) is 4.96. The van der Waals surface area contributed by atoms with Crippen molar-refractivity contribution in [1.29, 1.82) is 0 Å². The van der Waals surface area contributed by atoms with E-state index in [1.54, 1.807) is 0 Å². The Morgan fingerprint density at radius 3 is 2.62 bits per heavy atom. The van der Waals surface area contributed by atoms with Gasteiger partial charge in [-0.2, -0.15) is 0 Å². The Labute approximate surface area is 153 Å². The number of likely N-dealkylation sites (tertiary alicyclic amines) is 1. The summed E-state index contributed by atoms with van der Waals surface area (Å²) < 4.78 is 1.95. The topological polar surface area (TPSA) is 49.6 Å². The van der Waals surface area contributed by atoms with E-state index in [0.29, 0.717) is 6.42 Å². The summed E-state index contributed by atoms with van der Waals surface area (Å²) in [4.78, 5) is 19.3. The number of hydrogen-bond donors (Lipinski definition) is 1. The van der Waals surface area contributed by atoms with Crippen LogP contribution in [0.1, 0.15) is 24.1 Å². The van der Waals surface area contributed by atoms with Gasteiger partial charge in [0.2, 0.25) is 5.91 Å². The van der Waals surface area contributed by atoms with Crippen LogP contribution in [0, 0.1) is 0 Å². The summed E-state index contributed by atoms with van der Waals surface area (Å²) >= 11 is 0. The van der Waals surface area contributed by atoms with Gasteiger partial charge in [-0.05, 0) is 30.5 Å². The SMILES string of the molecule is O=C(Cc1cn2ccccc2n1)NC1CCN(Cc2ccccc2)CC1. The van der Waals surface area contributed by atoms with E-state index in [1.165, 1.54) is 5.56 Å². The molecule has 0 spiro atoms. The predicted octanol–water partition coefficient (Wildman–Crippen LogP) is 2.66. The van der Waals surface area contributed by atoms with Gasteiger partial charge < -0.3 is 9.72 Å². The summed E-state index contributed by atoms with van der Waals surface area (Å²) in [6, 6.07) is 16.7. The van der Waals surface area contributed by atoms with Crippen molar-refractivity contribution in [3.8, 4) is 0 Å². The molecule has 26 heavy (non-hydrogen) atoms. The van der Waals surface area contributed by atoms with Crippen LogP contribution < -0.4 is 5.32 Å². The molecule has 134 valence electrons. The third-order valence-electron chi connectivity index (χ3n) is 4.96. The number of hydrogen-bond acceptors (Lipinski definition) is 3. The van der Waals surface area contributed by atoms with Crippen molar-refractivity contribution in [1.82, 2.24) is 19.6 Å². The number of piperidine rings is 1. The Balaban J connectivity index is 1.25. The Morgan fingerprint density at radius 1 is 1.08 bits per heavy atom. The number of fused-ring (bicyclic) bond motifs is 1. The Bertz CT molecular complexity index is 833. The fraction of sp³-hybridized carbons (Fsp3) is 0.333. The first kappa shape index (κ1) is 16.8. The number of carbonyl (C=O) groups excluding carboxylic acids is 1. The summed E-state index contributed by atoms with van der Waals surface area (Å²) in [5.41, 5.74) is 3.04. The minimum absolute atomic E-state index is 0.0647. The lowest BCUT2D eigenvalue weighted by Crippen LogP contribution is -2.44. The molecule has 5 heteroatoms. The highest BCUT2D eigenvalue weighted by Gasteiger charge is 2.21. The van der Waals surface area contributed by atoms with E-state index in [1.807, 2.05) is 41.1 Å². The first-order valence-electron chi connectivity index (χ1n) is 9.24. The fourth-order valence-corrected chi connectivity index (χ4v) is 3.59. The largest absolute Gasteiger partial charge is 0.353 e. The van der Waals surface area contributed by atoms with E-state index in [0.717, 1.165) is 43.8 Å². The Kier molecular flexibility index (Phi) is 4.97.